The Morgan fingerprint density at radius 1 is 0.853 bits per heavy atom. The smallest absolute Gasteiger partial charge is 0.328 e. The molecule has 0 aliphatic carbocycles. The number of nitrogens with one attached hydrogen (secondary N) is 1. The normalized spacial score (nSPS) is 11.4. The SMILES string of the molecule is COc1ccc(C(=O)Nc2cc3c(cc2S(=O)(=O)c2ccccc2)n(C)c(=O)n3C)cc1OC. The van der Waals surface area contributed by atoms with Gasteiger partial charge < -0.3 is 14.8 Å². The van der Waals surface area contributed by atoms with Gasteiger partial charge in [-0.3, -0.25) is 13.9 Å². The van der Waals surface area contributed by atoms with Gasteiger partial charge in [-0.1, -0.05) is 18.2 Å². The van der Waals surface area contributed by atoms with Crippen LogP contribution in [0.15, 0.2) is 75.2 Å². The second-order valence-electron chi connectivity index (χ2n) is 7.58. The Morgan fingerprint density at radius 2 is 1.47 bits per heavy atom. The van der Waals surface area contributed by atoms with Crippen LogP contribution in [0.25, 0.3) is 11.0 Å². The highest BCUT2D eigenvalue weighted by molar-refractivity contribution is 7.91. The van der Waals surface area contributed by atoms with Gasteiger partial charge in [0.2, 0.25) is 9.84 Å². The number of imidazole rings is 1. The van der Waals surface area contributed by atoms with Gasteiger partial charge in [-0.05, 0) is 42.5 Å². The van der Waals surface area contributed by atoms with Crippen molar-refractivity contribution in [2.45, 2.75) is 9.79 Å². The average molecular weight is 482 g/mol. The van der Waals surface area contributed by atoms with Gasteiger partial charge in [0.15, 0.2) is 11.5 Å². The van der Waals surface area contributed by atoms with Crippen LogP contribution in [-0.4, -0.2) is 37.7 Å². The maximum absolute atomic E-state index is 13.5. The molecule has 0 bridgehead atoms. The van der Waals surface area contributed by atoms with E-state index in [0.29, 0.717) is 22.5 Å². The Bertz CT molecular complexity index is 1570. The topological polar surface area (TPSA) is 109 Å². The maximum Gasteiger partial charge on any atom is 0.328 e. The van der Waals surface area contributed by atoms with Crippen molar-refractivity contribution in [1.29, 1.82) is 0 Å². The van der Waals surface area contributed by atoms with Crippen molar-refractivity contribution in [3.05, 3.63) is 76.7 Å². The first-order valence-corrected chi connectivity index (χ1v) is 11.7. The Balaban J connectivity index is 1.89. The molecule has 4 aromatic rings. The minimum Gasteiger partial charge on any atom is -0.493 e. The van der Waals surface area contributed by atoms with E-state index in [1.54, 1.807) is 44.4 Å². The number of anilines is 1. The van der Waals surface area contributed by atoms with E-state index in [1.807, 2.05) is 0 Å². The van der Waals surface area contributed by atoms with Gasteiger partial charge in [-0.15, -0.1) is 0 Å². The van der Waals surface area contributed by atoms with E-state index in [0.717, 1.165) is 0 Å². The number of benzene rings is 3. The maximum atomic E-state index is 13.5. The van der Waals surface area contributed by atoms with Gasteiger partial charge in [0.1, 0.15) is 0 Å². The fourth-order valence-electron chi connectivity index (χ4n) is 3.74. The zero-order valence-corrected chi connectivity index (χ0v) is 19.8. The van der Waals surface area contributed by atoms with Crippen molar-refractivity contribution >= 4 is 32.5 Å². The van der Waals surface area contributed by atoms with Crippen LogP contribution in [0.3, 0.4) is 0 Å². The summed E-state index contributed by atoms with van der Waals surface area (Å²) in [6.07, 6.45) is 0. The molecule has 0 saturated heterocycles. The van der Waals surface area contributed by atoms with Crippen molar-refractivity contribution in [2.75, 3.05) is 19.5 Å². The number of nitrogens with zero attached hydrogens (tertiary/aromatic N) is 2. The van der Waals surface area contributed by atoms with Gasteiger partial charge in [0, 0.05) is 19.7 Å². The monoisotopic (exact) mass is 481 g/mol. The number of hydrogen-bond donors (Lipinski definition) is 1. The summed E-state index contributed by atoms with van der Waals surface area (Å²) in [5.41, 5.74) is 0.870. The molecule has 1 heterocycles. The van der Waals surface area contributed by atoms with E-state index in [9.17, 15) is 18.0 Å². The van der Waals surface area contributed by atoms with E-state index in [1.165, 1.54) is 53.7 Å². The predicted molar refractivity (Wildman–Crippen MR) is 128 cm³/mol. The first-order chi connectivity index (χ1) is 16.2. The highest BCUT2D eigenvalue weighted by atomic mass is 32.2. The number of rotatable bonds is 6. The molecular formula is C24H23N3O6S. The molecule has 0 unspecified atom stereocenters. The molecular weight excluding hydrogens is 458 g/mol. The molecule has 10 heteroatoms. The number of carbonyl (C=O) groups excluding carboxylic acids is 1. The zero-order valence-electron chi connectivity index (χ0n) is 19.0. The summed E-state index contributed by atoms with van der Waals surface area (Å²) >= 11 is 0. The van der Waals surface area contributed by atoms with Crippen LogP contribution in [0.5, 0.6) is 11.5 Å². The van der Waals surface area contributed by atoms with Crippen molar-refractivity contribution < 1.29 is 22.7 Å². The molecule has 0 spiro atoms. The fourth-order valence-corrected chi connectivity index (χ4v) is 5.18. The molecule has 9 nitrogen and oxygen atoms in total. The Morgan fingerprint density at radius 3 is 2.09 bits per heavy atom. The van der Waals surface area contributed by atoms with Crippen LogP contribution in [0.4, 0.5) is 5.69 Å². The lowest BCUT2D eigenvalue weighted by Crippen LogP contribution is -2.19. The highest BCUT2D eigenvalue weighted by Crippen LogP contribution is 2.33. The van der Waals surface area contributed by atoms with E-state index >= 15 is 0 Å². The number of ether oxygens (including phenoxy) is 2. The summed E-state index contributed by atoms with van der Waals surface area (Å²) in [6.45, 7) is 0. The van der Waals surface area contributed by atoms with Crippen molar-refractivity contribution in [2.24, 2.45) is 14.1 Å². The number of aromatic nitrogens is 2. The molecule has 176 valence electrons. The van der Waals surface area contributed by atoms with Crippen LogP contribution in [0.2, 0.25) is 0 Å². The average Bonchev–Trinajstić information content (AvgIpc) is 3.06. The lowest BCUT2D eigenvalue weighted by molar-refractivity contribution is 0.102. The molecule has 1 amide bonds. The van der Waals surface area contributed by atoms with Gasteiger partial charge in [-0.25, -0.2) is 13.2 Å². The molecule has 1 aromatic heterocycles. The fraction of sp³-hybridized carbons (Fsp3) is 0.167. The number of hydrogen-bond acceptors (Lipinski definition) is 6. The zero-order chi connectivity index (χ0) is 24.6. The molecule has 0 aliphatic rings. The number of aryl methyl sites for hydroxylation is 2. The quantitative estimate of drug-likeness (QED) is 0.454. The van der Waals surface area contributed by atoms with Crippen molar-refractivity contribution in [1.82, 2.24) is 9.13 Å². The number of methoxy groups -OCH3 is 2. The first-order valence-electron chi connectivity index (χ1n) is 10.2. The summed E-state index contributed by atoms with van der Waals surface area (Å²) in [7, 11) is 2.06. The van der Waals surface area contributed by atoms with Gasteiger partial charge in [0.05, 0.1) is 40.7 Å². The summed E-state index contributed by atoms with van der Waals surface area (Å²) in [5, 5.41) is 2.70. The second kappa shape index (κ2) is 8.71. The van der Waals surface area contributed by atoms with Crippen LogP contribution in [-0.2, 0) is 23.9 Å². The molecule has 0 fully saturated rings. The first kappa shape index (κ1) is 23.1. The Hall–Kier alpha value is -4.05. The van der Waals surface area contributed by atoms with Gasteiger partial charge >= 0.3 is 5.69 Å². The Labute approximate surface area is 196 Å². The highest BCUT2D eigenvalue weighted by Gasteiger charge is 2.25. The number of carbonyl (C=O) groups is 1. The minimum atomic E-state index is -4.02. The van der Waals surface area contributed by atoms with Crippen LogP contribution in [0.1, 0.15) is 10.4 Å². The number of fused-ring (bicyclic) bond motifs is 1. The van der Waals surface area contributed by atoms with E-state index < -0.39 is 15.7 Å². The molecule has 3 aromatic carbocycles. The van der Waals surface area contributed by atoms with Crippen LogP contribution >= 0.6 is 0 Å². The molecule has 34 heavy (non-hydrogen) atoms. The minimum absolute atomic E-state index is 0.0531. The second-order valence-corrected chi connectivity index (χ2v) is 9.50. The molecule has 0 aliphatic heterocycles. The summed E-state index contributed by atoms with van der Waals surface area (Å²) in [6, 6.07) is 15.4. The summed E-state index contributed by atoms with van der Waals surface area (Å²) < 4.78 is 40.3. The Kier molecular flexibility index (Phi) is 5.92. The number of amides is 1. The summed E-state index contributed by atoms with van der Waals surface area (Å²) in [5.74, 6) is 0.256. The van der Waals surface area contributed by atoms with Gasteiger partial charge in [0.25, 0.3) is 5.91 Å². The lowest BCUT2D eigenvalue weighted by atomic mass is 10.1. The lowest BCUT2D eigenvalue weighted by Gasteiger charge is -2.14. The summed E-state index contributed by atoms with van der Waals surface area (Å²) in [4.78, 5) is 25.5. The molecule has 4 rings (SSSR count). The predicted octanol–water partition coefficient (Wildman–Crippen LogP) is 2.98. The third-order valence-corrected chi connectivity index (χ3v) is 7.42. The molecule has 1 N–H and O–H groups in total. The number of sulfone groups is 1. The van der Waals surface area contributed by atoms with Crippen LogP contribution in [0, 0.1) is 0 Å². The third kappa shape index (κ3) is 3.81. The standard InChI is InChI=1S/C24H23N3O6S/c1-26-18-13-17(25-23(28)15-10-11-20(32-3)21(12-15)33-4)22(14-19(18)27(2)24(26)29)34(30,31)16-8-6-5-7-9-16/h5-14H,1-4H3,(H,25,28). The van der Waals surface area contributed by atoms with Gasteiger partial charge in [-0.2, -0.15) is 0 Å². The van der Waals surface area contributed by atoms with Crippen molar-refractivity contribution in [3.8, 4) is 11.5 Å². The van der Waals surface area contributed by atoms with E-state index in [-0.39, 0.29) is 26.7 Å². The molecule has 0 radical (unpaired) electrons. The largest absolute Gasteiger partial charge is 0.493 e. The molecule has 0 saturated carbocycles. The third-order valence-electron chi connectivity index (χ3n) is 5.61. The van der Waals surface area contributed by atoms with Crippen molar-refractivity contribution in [3.63, 3.8) is 0 Å². The van der Waals surface area contributed by atoms with E-state index in [2.05, 4.69) is 5.32 Å². The van der Waals surface area contributed by atoms with E-state index in [4.69, 9.17) is 9.47 Å². The van der Waals surface area contributed by atoms with Crippen LogP contribution < -0.4 is 20.5 Å². The molecule has 0 atom stereocenters.